The number of nitrogens with one attached hydrogen (secondary N) is 1. The van der Waals surface area contributed by atoms with Crippen molar-refractivity contribution in [3.05, 3.63) is 22.6 Å². The lowest BCUT2D eigenvalue weighted by Gasteiger charge is -2.28. The molecule has 0 fully saturated rings. The van der Waals surface area contributed by atoms with E-state index in [4.69, 9.17) is 16.0 Å². The quantitative estimate of drug-likeness (QED) is 0.671. The molecule has 0 saturated carbocycles. The smallest absolute Gasteiger partial charge is 0.193 e. The molecule has 1 aromatic heterocycles. The van der Waals surface area contributed by atoms with Gasteiger partial charge in [0.1, 0.15) is 5.76 Å². The van der Waals surface area contributed by atoms with Crippen LogP contribution in [0.5, 0.6) is 0 Å². The Bertz CT molecular complexity index is 303. The van der Waals surface area contributed by atoms with E-state index in [-0.39, 0.29) is 5.41 Å². The topological polar surface area (TPSA) is 25.2 Å². The molecular weight excluding hydrogens is 174 g/mol. The number of hydrogen-bond acceptors (Lipinski definition) is 2. The highest BCUT2D eigenvalue weighted by atomic mass is 35.5. The first kappa shape index (κ1) is 8.14. The monoisotopic (exact) mass is 185 g/mol. The van der Waals surface area contributed by atoms with E-state index in [1.54, 1.807) is 0 Å². The number of hydrogen-bond donors (Lipinski definition) is 1. The van der Waals surface area contributed by atoms with Gasteiger partial charge in [-0.05, 0) is 11.6 Å². The predicted octanol–water partition coefficient (Wildman–Crippen LogP) is 2.31. The Morgan fingerprint density at radius 2 is 2.33 bits per heavy atom. The van der Waals surface area contributed by atoms with Crippen LogP contribution in [0, 0.1) is 0 Å². The molecule has 0 aliphatic carbocycles. The molecule has 2 rings (SSSR count). The van der Waals surface area contributed by atoms with E-state index < -0.39 is 0 Å². The van der Waals surface area contributed by atoms with Crippen LogP contribution in [0.3, 0.4) is 0 Å². The molecule has 0 saturated heterocycles. The van der Waals surface area contributed by atoms with E-state index in [1.807, 2.05) is 6.07 Å². The van der Waals surface area contributed by atoms with Crippen LogP contribution < -0.4 is 5.32 Å². The summed E-state index contributed by atoms with van der Waals surface area (Å²) < 4.78 is 5.45. The van der Waals surface area contributed by atoms with Crippen LogP contribution >= 0.6 is 11.6 Å². The zero-order valence-electron chi connectivity index (χ0n) is 7.28. The second-order valence-electron chi connectivity index (χ2n) is 3.89. The Labute approximate surface area is 76.9 Å². The van der Waals surface area contributed by atoms with Gasteiger partial charge in [-0.1, -0.05) is 13.8 Å². The minimum atomic E-state index is 0.0702. The molecule has 0 bridgehead atoms. The van der Waals surface area contributed by atoms with Gasteiger partial charge in [-0.2, -0.15) is 0 Å². The summed E-state index contributed by atoms with van der Waals surface area (Å²) in [6.45, 7) is 6.12. The van der Waals surface area contributed by atoms with Crippen molar-refractivity contribution in [2.45, 2.75) is 25.8 Å². The molecule has 0 atom stereocenters. The summed E-state index contributed by atoms with van der Waals surface area (Å²) in [7, 11) is 0. The fraction of sp³-hybridized carbons (Fsp3) is 0.556. The molecule has 0 unspecified atom stereocenters. The van der Waals surface area contributed by atoms with Gasteiger partial charge in [0.2, 0.25) is 0 Å². The third-order valence-electron chi connectivity index (χ3n) is 2.28. The molecule has 2 nitrogen and oxygen atoms in total. The minimum Gasteiger partial charge on any atom is -0.449 e. The average Bonchev–Trinajstić information content (AvgIpc) is 2.30. The Kier molecular flexibility index (Phi) is 1.70. The van der Waals surface area contributed by atoms with E-state index in [9.17, 15) is 0 Å². The number of fused-ring (bicyclic) bond motifs is 1. The summed E-state index contributed by atoms with van der Waals surface area (Å²) in [5.74, 6) is 1.03. The largest absolute Gasteiger partial charge is 0.449 e. The van der Waals surface area contributed by atoms with Gasteiger partial charge in [-0.15, -0.1) is 0 Å². The number of halogens is 1. The molecule has 12 heavy (non-hydrogen) atoms. The first-order valence-corrected chi connectivity index (χ1v) is 4.47. The zero-order chi connectivity index (χ0) is 8.77. The van der Waals surface area contributed by atoms with Crippen molar-refractivity contribution in [2.24, 2.45) is 0 Å². The van der Waals surface area contributed by atoms with Crippen molar-refractivity contribution in [1.29, 1.82) is 0 Å². The molecular formula is C9H12ClNO. The van der Waals surface area contributed by atoms with Crippen molar-refractivity contribution < 1.29 is 4.42 Å². The molecule has 0 aromatic carbocycles. The molecule has 1 aromatic rings. The number of rotatable bonds is 0. The van der Waals surface area contributed by atoms with Crippen LogP contribution in [0.1, 0.15) is 25.2 Å². The fourth-order valence-corrected chi connectivity index (χ4v) is 1.90. The third-order valence-corrected chi connectivity index (χ3v) is 2.46. The summed E-state index contributed by atoms with van der Waals surface area (Å²) in [4.78, 5) is 0. The molecule has 1 aliphatic heterocycles. The highest BCUT2D eigenvalue weighted by Crippen LogP contribution is 2.33. The van der Waals surface area contributed by atoms with E-state index in [2.05, 4.69) is 19.2 Å². The van der Waals surface area contributed by atoms with Crippen molar-refractivity contribution >= 4 is 11.6 Å². The molecule has 3 heteroatoms. The summed E-state index contributed by atoms with van der Waals surface area (Å²) in [5.41, 5.74) is 1.26. The van der Waals surface area contributed by atoms with Gasteiger partial charge >= 0.3 is 0 Å². The lowest BCUT2D eigenvalue weighted by molar-refractivity contribution is 0.340. The Balaban J connectivity index is 2.51. The normalized spacial score (nSPS) is 20.6. The van der Waals surface area contributed by atoms with Crippen molar-refractivity contribution in [2.75, 3.05) is 6.54 Å². The second kappa shape index (κ2) is 2.51. The van der Waals surface area contributed by atoms with Gasteiger partial charge in [0.05, 0.1) is 0 Å². The number of furan rings is 1. The Hall–Kier alpha value is -0.470. The van der Waals surface area contributed by atoms with Gasteiger partial charge in [-0.3, -0.25) is 0 Å². The molecule has 1 N–H and O–H groups in total. The SMILES string of the molecule is CC1(C)CNCc2cc(Cl)oc21. The zero-order valence-corrected chi connectivity index (χ0v) is 8.03. The van der Waals surface area contributed by atoms with Crippen LogP contribution in [0.25, 0.3) is 0 Å². The lowest BCUT2D eigenvalue weighted by atomic mass is 9.85. The summed E-state index contributed by atoms with van der Waals surface area (Å²) >= 11 is 5.78. The van der Waals surface area contributed by atoms with Crippen LogP contribution in [-0.4, -0.2) is 6.54 Å². The molecule has 1 aliphatic rings. The summed E-state index contributed by atoms with van der Waals surface area (Å²) in [5, 5.41) is 3.82. The Morgan fingerprint density at radius 3 is 3.00 bits per heavy atom. The maximum absolute atomic E-state index is 5.78. The predicted molar refractivity (Wildman–Crippen MR) is 48.5 cm³/mol. The van der Waals surface area contributed by atoms with Crippen molar-refractivity contribution in [3.8, 4) is 0 Å². The van der Waals surface area contributed by atoms with Gasteiger partial charge < -0.3 is 9.73 Å². The maximum Gasteiger partial charge on any atom is 0.193 e. The van der Waals surface area contributed by atoms with E-state index in [0.29, 0.717) is 5.22 Å². The van der Waals surface area contributed by atoms with Crippen LogP contribution in [0.4, 0.5) is 0 Å². The second-order valence-corrected chi connectivity index (χ2v) is 4.26. The van der Waals surface area contributed by atoms with Gasteiger partial charge in [0.25, 0.3) is 0 Å². The average molecular weight is 186 g/mol. The highest BCUT2D eigenvalue weighted by Gasteiger charge is 2.31. The summed E-state index contributed by atoms with van der Waals surface area (Å²) in [6, 6.07) is 1.89. The first-order chi connectivity index (χ1) is 5.59. The fourth-order valence-electron chi connectivity index (χ4n) is 1.69. The first-order valence-electron chi connectivity index (χ1n) is 4.09. The third kappa shape index (κ3) is 1.15. The van der Waals surface area contributed by atoms with Crippen molar-refractivity contribution in [3.63, 3.8) is 0 Å². The van der Waals surface area contributed by atoms with E-state index >= 15 is 0 Å². The Morgan fingerprint density at radius 1 is 1.58 bits per heavy atom. The van der Waals surface area contributed by atoms with Crippen molar-refractivity contribution in [1.82, 2.24) is 5.32 Å². The maximum atomic E-state index is 5.78. The van der Waals surface area contributed by atoms with Gasteiger partial charge in [0.15, 0.2) is 5.22 Å². The molecule has 0 radical (unpaired) electrons. The molecule has 2 heterocycles. The highest BCUT2D eigenvalue weighted by molar-refractivity contribution is 6.28. The lowest BCUT2D eigenvalue weighted by Crippen LogP contribution is -2.37. The molecule has 66 valence electrons. The standard InChI is InChI=1S/C9H12ClNO/c1-9(2)5-11-4-6-3-7(10)12-8(6)9/h3,11H,4-5H2,1-2H3. The minimum absolute atomic E-state index is 0.0702. The summed E-state index contributed by atoms with van der Waals surface area (Å²) in [6.07, 6.45) is 0. The van der Waals surface area contributed by atoms with Gasteiger partial charge in [-0.25, -0.2) is 0 Å². The van der Waals surface area contributed by atoms with E-state index in [1.165, 1.54) is 5.56 Å². The van der Waals surface area contributed by atoms with Crippen LogP contribution in [-0.2, 0) is 12.0 Å². The van der Waals surface area contributed by atoms with Gasteiger partial charge in [0, 0.05) is 30.1 Å². The molecule has 0 spiro atoms. The van der Waals surface area contributed by atoms with Crippen LogP contribution in [0.2, 0.25) is 5.22 Å². The van der Waals surface area contributed by atoms with E-state index in [0.717, 1.165) is 18.8 Å². The molecule has 0 amide bonds. The van der Waals surface area contributed by atoms with Crippen LogP contribution in [0.15, 0.2) is 10.5 Å².